The molecule has 0 aliphatic heterocycles. The predicted octanol–water partition coefficient (Wildman–Crippen LogP) is 5.18. The summed E-state index contributed by atoms with van der Waals surface area (Å²) in [5, 5.41) is 0. The fourth-order valence-corrected chi connectivity index (χ4v) is 2.97. The number of ether oxygens (including phenoxy) is 5. The first kappa shape index (κ1) is 23.9. The molecule has 0 saturated carbocycles. The van der Waals surface area contributed by atoms with Gasteiger partial charge in [0.25, 0.3) is 0 Å². The van der Waals surface area contributed by atoms with Crippen LogP contribution in [-0.2, 0) is 9.47 Å². The first-order valence-electron chi connectivity index (χ1n) is 10.7. The normalized spacial score (nSPS) is 10.3. The van der Waals surface area contributed by atoms with Gasteiger partial charge in [-0.3, -0.25) is 0 Å². The lowest BCUT2D eigenvalue weighted by Gasteiger charge is -2.09. The lowest BCUT2D eigenvalue weighted by molar-refractivity contribution is 0.0273. The summed E-state index contributed by atoms with van der Waals surface area (Å²) in [5.41, 5.74) is 2.67. The standard InChI is InChI=1S/C27H28O6/c1-3-16-31-25-14-8-23(9-15-25)27(28)33-20-18-30-17-19-32-26-12-6-22(7-13-26)21-4-10-24(29-2)11-5-21/h3-15H,1,16-20H2,2H3. The molecule has 0 radical (unpaired) electrons. The number of methoxy groups -OCH3 is 1. The molecule has 6 nitrogen and oxygen atoms in total. The quantitative estimate of drug-likeness (QED) is 0.204. The molecule has 3 rings (SSSR count). The van der Waals surface area contributed by atoms with Gasteiger partial charge in [-0.1, -0.05) is 36.9 Å². The maximum absolute atomic E-state index is 12.0. The first-order chi connectivity index (χ1) is 16.2. The maximum atomic E-state index is 12.0. The van der Waals surface area contributed by atoms with Crippen molar-refractivity contribution in [3.63, 3.8) is 0 Å². The molecular formula is C27H28O6. The van der Waals surface area contributed by atoms with Crippen LogP contribution in [0, 0.1) is 0 Å². The van der Waals surface area contributed by atoms with Gasteiger partial charge in [-0.05, 0) is 59.7 Å². The van der Waals surface area contributed by atoms with Gasteiger partial charge in [0.2, 0.25) is 0 Å². The summed E-state index contributed by atoms with van der Waals surface area (Å²) in [6.45, 7) is 5.28. The van der Waals surface area contributed by atoms with E-state index in [2.05, 4.69) is 6.58 Å². The zero-order valence-corrected chi connectivity index (χ0v) is 18.7. The van der Waals surface area contributed by atoms with Gasteiger partial charge in [0.15, 0.2) is 0 Å². The highest BCUT2D eigenvalue weighted by Gasteiger charge is 2.07. The summed E-state index contributed by atoms with van der Waals surface area (Å²) >= 11 is 0. The largest absolute Gasteiger partial charge is 0.497 e. The molecule has 0 fully saturated rings. The number of benzene rings is 3. The second-order valence-corrected chi connectivity index (χ2v) is 6.97. The highest BCUT2D eigenvalue weighted by atomic mass is 16.6. The van der Waals surface area contributed by atoms with Gasteiger partial charge in [-0.25, -0.2) is 4.79 Å². The fraction of sp³-hybridized carbons (Fsp3) is 0.222. The molecule has 3 aromatic carbocycles. The Labute approximate surface area is 194 Å². The van der Waals surface area contributed by atoms with E-state index in [-0.39, 0.29) is 6.61 Å². The average Bonchev–Trinajstić information content (AvgIpc) is 2.87. The number of hydrogen-bond acceptors (Lipinski definition) is 6. The molecule has 172 valence electrons. The van der Waals surface area contributed by atoms with Crippen LogP contribution in [0.3, 0.4) is 0 Å². The Morgan fingerprint density at radius 3 is 1.88 bits per heavy atom. The molecule has 0 saturated heterocycles. The Bertz CT molecular complexity index is 994. The molecule has 0 spiro atoms. The lowest BCUT2D eigenvalue weighted by atomic mass is 10.1. The number of carbonyl (C=O) groups is 1. The van der Waals surface area contributed by atoms with E-state index < -0.39 is 5.97 Å². The van der Waals surface area contributed by atoms with E-state index in [0.717, 1.165) is 22.6 Å². The molecule has 33 heavy (non-hydrogen) atoms. The number of esters is 1. The molecule has 0 bridgehead atoms. The smallest absolute Gasteiger partial charge is 0.338 e. The van der Waals surface area contributed by atoms with Crippen LogP contribution in [0.15, 0.2) is 85.5 Å². The molecule has 0 amide bonds. The van der Waals surface area contributed by atoms with E-state index in [0.29, 0.717) is 37.7 Å². The molecule has 0 N–H and O–H groups in total. The Morgan fingerprint density at radius 2 is 1.27 bits per heavy atom. The number of rotatable bonds is 13. The van der Waals surface area contributed by atoms with Crippen molar-refractivity contribution in [1.82, 2.24) is 0 Å². The summed E-state index contributed by atoms with van der Waals surface area (Å²) in [5.74, 6) is 1.87. The van der Waals surface area contributed by atoms with Gasteiger partial charge >= 0.3 is 5.97 Å². The predicted molar refractivity (Wildman–Crippen MR) is 127 cm³/mol. The van der Waals surface area contributed by atoms with E-state index >= 15 is 0 Å². The average molecular weight is 449 g/mol. The molecule has 0 aliphatic carbocycles. The lowest BCUT2D eigenvalue weighted by Crippen LogP contribution is -2.13. The minimum atomic E-state index is -0.401. The van der Waals surface area contributed by atoms with Crippen molar-refractivity contribution < 1.29 is 28.5 Å². The van der Waals surface area contributed by atoms with Crippen molar-refractivity contribution in [3.05, 3.63) is 91.0 Å². The van der Waals surface area contributed by atoms with Crippen LogP contribution < -0.4 is 14.2 Å². The highest BCUT2D eigenvalue weighted by Crippen LogP contribution is 2.24. The summed E-state index contributed by atoms with van der Waals surface area (Å²) in [4.78, 5) is 12.0. The zero-order chi connectivity index (χ0) is 23.3. The highest BCUT2D eigenvalue weighted by molar-refractivity contribution is 5.89. The van der Waals surface area contributed by atoms with Crippen LogP contribution >= 0.6 is 0 Å². The monoisotopic (exact) mass is 448 g/mol. The van der Waals surface area contributed by atoms with Crippen molar-refractivity contribution in [3.8, 4) is 28.4 Å². The van der Waals surface area contributed by atoms with Crippen molar-refractivity contribution >= 4 is 5.97 Å². The van der Waals surface area contributed by atoms with Crippen molar-refractivity contribution in [1.29, 1.82) is 0 Å². The van der Waals surface area contributed by atoms with Gasteiger partial charge in [0.1, 0.15) is 37.1 Å². The van der Waals surface area contributed by atoms with Crippen molar-refractivity contribution in [2.45, 2.75) is 0 Å². The minimum absolute atomic E-state index is 0.171. The maximum Gasteiger partial charge on any atom is 0.338 e. The molecule has 0 aromatic heterocycles. The van der Waals surface area contributed by atoms with Crippen LogP contribution in [-0.4, -0.2) is 46.1 Å². The second kappa shape index (κ2) is 12.9. The second-order valence-electron chi connectivity index (χ2n) is 6.97. The van der Waals surface area contributed by atoms with E-state index in [1.165, 1.54) is 0 Å². The number of hydrogen-bond donors (Lipinski definition) is 0. The Balaban J connectivity index is 1.29. The van der Waals surface area contributed by atoms with E-state index in [9.17, 15) is 4.79 Å². The Hall–Kier alpha value is -3.77. The third kappa shape index (κ3) is 7.70. The van der Waals surface area contributed by atoms with Crippen LogP contribution in [0.4, 0.5) is 0 Å². The SMILES string of the molecule is C=CCOc1ccc(C(=O)OCCOCCOc2ccc(-c3ccc(OC)cc3)cc2)cc1. The third-order valence-electron chi connectivity index (χ3n) is 4.69. The van der Waals surface area contributed by atoms with Gasteiger partial charge < -0.3 is 23.7 Å². The van der Waals surface area contributed by atoms with Crippen molar-refractivity contribution in [2.75, 3.05) is 40.1 Å². The fourth-order valence-electron chi connectivity index (χ4n) is 2.97. The summed E-state index contributed by atoms with van der Waals surface area (Å²) in [6.07, 6.45) is 1.66. The zero-order valence-electron chi connectivity index (χ0n) is 18.7. The van der Waals surface area contributed by atoms with Gasteiger partial charge in [-0.2, -0.15) is 0 Å². The van der Waals surface area contributed by atoms with Crippen LogP contribution in [0.1, 0.15) is 10.4 Å². The van der Waals surface area contributed by atoms with Gasteiger partial charge in [-0.15, -0.1) is 0 Å². The minimum Gasteiger partial charge on any atom is -0.497 e. The van der Waals surface area contributed by atoms with Gasteiger partial charge in [0, 0.05) is 0 Å². The molecule has 0 unspecified atom stereocenters. The Kier molecular flexibility index (Phi) is 9.36. The molecule has 0 heterocycles. The summed E-state index contributed by atoms with van der Waals surface area (Å²) in [6, 6.07) is 22.5. The Morgan fingerprint density at radius 1 is 0.727 bits per heavy atom. The molecule has 3 aromatic rings. The van der Waals surface area contributed by atoms with Crippen LogP contribution in [0.2, 0.25) is 0 Å². The van der Waals surface area contributed by atoms with Crippen LogP contribution in [0.5, 0.6) is 17.2 Å². The molecule has 0 atom stereocenters. The molecule has 6 heteroatoms. The topological polar surface area (TPSA) is 63.2 Å². The summed E-state index contributed by atoms with van der Waals surface area (Å²) in [7, 11) is 1.65. The van der Waals surface area contributed by atoms with E-state index in [1.54, 1.807) is 37.5 Å². The van der Waals surface area contributed by atoms with Gasteiger partial charge in [0.05, 0.1) is 25.9 Å². The van der Waals surface area contributed by atoms with E-state index in [4.69, 9.17) is 23.7 Å². The third-order valence-corrected chi connectivity index (χ3v) is 4.69. The van der Waals surface area contributed by atoms with Crippen LogP contribution in [0.25, 0.3) is 11.1 Å². The summed E-state index contributed by atoms with van der Waals surface area (Å²) < 4.78 is 27.0. The van der Waals surface area contributed by atoms with Crippen molar-refractivity contribution in [2.24, 2.45) is 0 Å². The number of carbonyl (C=O) groups excluding carboxylic acids is 1. The molecular weight excluding hydrogens is 420 g/mol. The van der Waals surface area contributed by atoms with E-state index in [1.807, 2.05) is 48.5 Å². The molecule has 0 aliphatic rings. The first-order valence-corrected chi connectivity index (χ1v) is 10.7.